The second-order valence-electron chi connectivity index (χ2n) is 6.37. The van der Waals surface area contributed by atoms with E-state index in [4.69, 9.17) is 4.74 Å². The van der Waals surface area contributed by atoms with Crippen molar-refractivity contribution in [3.8, 4) is 5.75 Å². The molecular formula is C21H17N3O4. The van der Waals surface area contributed by atoms with Crippen LogP contribution in [0.25, 0.3) is 11.6 Å². The van der Waals surface area contributed by atoms with Gasteiger partial charge in [-0.1, -0.05) is 24.3 Å². The standard InChI is InChI=1S/C21H17N3O4/c1-24-16-6-4-3-5-14(16)19(25)17(21(24)27)18-15(20(26)23-22-18)11-12-7-9-13(28-2)10-8-12/h3-11,22H,1-2H3,(H,23,26). The van der Waals surface area contributed by atoms with E-state index in [1.54, 1.807) is 68.8 Å². The van der Waals surface area contributed by atoms with Crippen molar-refractivity contribution in [3.05, 3.63) is 80.6 Å². The molecule has 28 heavy (non-hydrogen) atoms. The summed E-state index contributed by atoms with van der Waals surface area (Å²) in [6.07, 6.45) is 1.62. The van der Waals surface area contributed by atoms with E-state index < -0.39 is 17.2 Å². The zero-order chi connectivity index (χ0) is 19.8. The van der Waals surface area contributed by atoms with Gasteiger partial charge < -0.3 is 9.64 Å². The second kappa shape index (κ2) is 6.70. The average Bonchev–Trinajstić information content (AvgIpc) is 3.07. The topological polar surface area (TPSA) is 95.3 Å². The summed E-state index contributed by atoms with van der Waals surface area (Å²) in [5.41, 5.74) is 1.20. The van der Waals surface area contributed by atoms with E-state index in [0.29, 0.717) is 17.0 Å². The fourth-order valence-electron chi connectivity index (χ4n) is 3.26. The van der Waals surface area contributed by atoms with Gasteiger partial charge in [0.2, 0.25) is 5.78 Å². The number of hydrogen-bond donors (Lipinski definition) is 2. The van der Waals surface area contributed by atoms with Crippen LogP contribution in [0, 0.1) is 0 Å². The lowest BCUT2D eigenvalue weighted by Crippen LogP contribution is -2.44. The number of ether oxygens (including phenoxy) is 1. The van der Waals surface area contributed by atoms with Crippen molar-refractivity contribution in [3.63, 3.8) is 0 Å². The molecule has 0 unspecified atom stereocenters. The van der Waals surface area contributed by atoms with Crippen molar-refractivity contribution < 1.29 is 14.3 Å². The van der Waals surface area contributed by atoms with Gasteiger partial charge in [0.05, 0.1) is 23.4 Å². The first-order valence-corrected chi connectivity index (χ1v) is 8.60. The van der Waals surface area contributed by atoms with Crippen LogP contribution in [0.4, 0.5) is 5.69 Å². The molecule has 2 N–H and O–H groups in total. The minimum Gasteiger partial charge on any atom is -0.497 e. The average molecular weight is 375 g/mol. The van der Waals surface area contributed by atoms with Gasteiger partial charge in [-0.05, 0) is 35.9 Å². The molecule has 0 atom stereocenters. The number of H-pyrrole nitrogens is 2. The highest BCUT2D eigenvalue weighted by molar-refractivity contribution is 6.51. The minimum atomic E-state index is -0.469. The van der Waals surface area contributed by atoms with Crippen molar-refractivity contribution in [2.75, 3.05) is 19.1 Å². The fraction of sp³-hybridized carbons (Fsp3) is 0.0952. The highest BCUT2D eigenvalue weighted by Crippen LogP contribution is 2.28. The number of Topliss-reactive ketones (excluding diaryl/α,β-unsaturated/α-hetero) is 1. The molecule has 0 spiro atoms. The van der Waals surface area contributed by atoms with Gasteiger partial charge in [0, 0.05) is 12.6 Å². The SMILES string of the molecule is COc1ccc(C=c2c(=O)[nH][nH]c2=C2C(=O)c3ccccc3N(C)C2=O)cc1. The number of methoxy groups -OCH3 is 1. The predicted molar refractivity (Wildman–Crippen MR) is 105 cm³/mol. The molecule has 7 nitrogen and oxygen atoms in total. The number of nitrogens with zero attached hydrogens (tertiary/aromatic N) is 1. The van der Waals surface area contributed by atoms with E-state index in [1.165, 1.54) is 4.90 Å². The number of ketones is 1. The van der Waals surface area contributed by atoms with Gasteiger partial charge in [0.25, 0.3) is 11.5 Å². The van der Waals surface area contributed by atoms with Crippen LogP contribution in [0.1, 0.15) is 15.9 Å². The van der Waals surface area contributed by atoms with Crippen LogP contribution in [0.5, 0.6) is 5.75 Å². The van der Waals surface area contributed by atoms with E-state index in [0.717, 1.165) is 5.56 Å². The van der Waals surface area contributed by atoms with Crippen molar-refractivity contribution in [1.29, 1.82) is 0 Å². The molecular weight excluding hydrogens is 358 g/mol. The van der Waals surface area contributed by atoms with Crippen molar-refractivity contribution in [2.45, 2.75) is 0 Å². The first kappa shape index (κ1) is 17.5. The van der Waals surface area contributed by atoms with E-state index in [2.05, 4.69) is 10.2 Å². The Morgan fingerprint density at radius 2 is 1.68 bits per heavy atom. The summed E-state index contributed by atoms with van der Waals surface area (Å²) in [5, 5.41) is 5.57. The van der Waals surface area contributed by atoms with Crippen LogP contribution < -0.4 is 25.8 Å². The van der Waals surface area contributed by atoms with Gasteiger partial charge >= 0.3 is 0 Å². The molecule has 1 aliphatic heterocycles. The number of aromatic nitrogens is 2. The number of hydrogen-bond acceptors (Lipinski definition) is 4. The molecule has 3 aromatic rings. The maximum Gasteiger partial charge on any atom is 0.271 e. The summed E-state index contributed by atoms with van der Waals surface area (Å²) < 4.78 is 5.13. The molecule has 0 fully saturated rings. The molecule has 1 aromatic heterocycles. The summed E-state index contributed by atoms with van der Waals surface area (Å²) in [7, 11) is 3.17. The number of anilines is 1. The number of para-hydroxylation sites is 1. The summed E-state index contributed by atoms with van der Waals surface area (Å²) >= 11 is 0. The summed E-state index contributed by atoms with van der Waals surface area (Å²) in [5.74, 6) is -0.202. The Balaban J connectivity index is 1.98. The molecule has 1 amide bonds. The molecule has 140 valence electrons. The molecule has 2 aromatic carbocycles. The van der Waals surface area contributed by atoms with Gasteiger partial charge in [-0.15, -0.1) is 0 Å². The van der Waals surface area contributed by atoms with Gasteiger partial charge in [0.1, 0.15) is 11.3 Å². The first-order valence-electron chi connectivity index (χ1n) is 8.60. The lowest BCUT2D eigenvalue weighted by atomic mass is 9.95. The summed E-state index contributed by atoms with van der Waals surface area (Å²) in [6.45, 7) is 0. The Hall–Kier alpha value is -3.87. The largest absolute Gasteiger partial charge is 0.497 e. The van der Waals surface area contributed by atoms with Crippen LogP contribution in [0.3, 0.4) is 0 Å². The normalized spacial score (nSPS) is 16.4. The highest BCUT2D eigenvalue weighted by atomic mass is 16.5. The Kier molecular flexibility index (Phi) is 4.19. The first-order chi connectivity index (χ1) is 13.5. The molecule has 1 aliphatic rings. The summed E-state index contributed by atoms with van der Waals surface area (Å²) in [4.78, 5) is 39.7. The number of nitrogens with one attached hydrogen (secondary N) is 2. The van der Waals surface area contributed by atoms with Crippen molar-refractivity contribution in [2.24, 2.45) is 0 Å². The van der Waals surface area contributed by atoms with Crippen LogP contribution in [-0.2, 0) is 4.79 Å². The van der Waals surface area contributed by atoms with Gasteiger partial charge in [-0.25, -0.2) is 0 Å². The zero-order valence-corrected chi connectivity index (χ0v) is 15.3. The number of amides is 1. The van der Waals surface area contributed by atoms with Gasteiger partial charge in [-0.2, -0.15) is 0 Å². The zero-order valence-electron chi connectivity index (χ0n) is 15.3. The third-order valence-electron chi connectivity index (χ3n) is 4.75. The molecule has 0 bridgehead atoms. The van der Waals surface area contributed by atoms with E-state index in [-0.39, 0.29) is 16.1 Å². The van der Waals surface area contributed by atoms with E-state index in [9.17, 15) is 14.4 Å². The monoisotopic (exact) mass is 375 g/mol. The number of carbonyl (C=O) groups is 2. The van der Waals surface area contributed by atoms with Crippen LogP contribution in [-0.4, -0.2) is 36.0 Å². The molecule has 0 radical (unpaired) electrons. The van der Waals surface area contributed by atoms with E-state index >= 15 is 0 Å². The minimum absolute atomic E-state index is 0.0701. The Labute approximate surface area is 159 Å². The number of benzene rings is 2. The van der Waals surface area contributed by atoms with Crippen molar-refractivity contribution >= 4 is 29.0 Å². The molecule has 7 heteroatoms. The maximum atomic E-state index is 13.0. The molecule has 2 heterocycles. The van der Waals surface area contributed by atoms with Crippen LogP contribution >= 0.6 is 0 Å². The van der Waals surface area contributed by atoms with Crippen molar-refractivity contribution in [1.82, 2.24) is 10.2 Å². The smallest absolute Gasteiger partial charge is 0.271 e. The fourth-order valence-corrected chi connectivity index (χ4v) is 3.26. The Morgan fingerprint density at radius 1 is 0.964 bits per heavy atom. The predicted octanol–water partition coefficient (Wildman–Crippen LogP) is 0.550. The third kappa shape index (κ3) is 2.73. The Morgan fingerprint density at radius 3 is 2.39 bits per heavy atom. The molecule has 4 rings (SSSR count). The summed E-state index contributed by atoms with van der Waals surface area (Å²) in [6, 6.07) is 14.0. The van der Waals surface area contributed by atoms with Gasteiger partial charge in [0.15, 0.2) is 0 Å². The van der Waals surface area contributed by atoms with E-state index in [1.807, 2.05) is 0 Å². The van der Waals surface area contributed by atoms with Gasteiger partial charge in [-0.3, -0.25) is 24.6 Å². The lowest BCUT2D eigenvalue weighted by molar-refractivity contribution is -0.113. The molecule has 0 aliphatic carbocycles. The number of fused-ring (bicyclic) bond motifs is 1. The van der Waals surface area contributed by atoms with Crippen LogP contribution in [0.2, 0.25) is 0 Å². The lowest BCUT2D eigenvalue weighted by Gasteiger charge is -2.25. The van der Waals surface area contributed by atoms with Crippen LogP contribution in [0.15, 0.2) is 53.3 Å². The maximum absolute atomic E-state index is 13.0. The highest BCUT2D eigenvalue weighted by Gasteiger charge is 2.33. The number of aromatic amines is 2. The Bertz CT molecular complexity index is 1270. The molecule has 0 saturated heterocycles. The quantitative estimate of drug-likeness (QED) is 0.684. The third-order valence-corrected chi connectivity index (χ3v) is 4.75. The second-order valence-corrected chi connectivity index (χ2v) is 6.37. The number of rotatable bonds is 2. The molecule has 0 saturated carbocycles. The number of carbonyl (C=O) groups excluding carboxylic acids is 2.